The van der Waals surface area contributed by atoms with Crippen molar-refractivity contribution in [1.29, 1.82) is 0 Å². The van der Waals surface area contributed by atoms with Crippen LogP contribution in [0.25, 0.3) is 0 Å². The largest absolute Gasteiger partial charge is 0.392 e. The fraction of sp³-hybridized carbons (Fsp3) is 1.00. The molecule has 1 rings (SSSR count). The first-order valence-corrected chi connectivity index (χ1v) is 4.66. The number of β-amino-alcohol motifs (C(OH)–C–C–N with tert-alkyl or cyclic N) is 1. The van der Waals surface area contributed by atoms with Gasteiger partial charge in [0.2, 0.25) is 0 Å². The fourth-order valence-corrected chi connectivity index (χ4v) is 1.46. The Morgan fingerprint density at radius 3 is 2.64 bits per heavy atom. The lowest BCUT2D eigenvalue weighted by molar-refractivity contribution is -0.133. The minimum absolute atomic E-state index is 0.0578. The van der Waals surface area contributed by atoms with E-state index in [0.717, 1.165) is 0 Å². The minimum atomic E-state index is -4.09. The number of aliphatic hydroxyl groups is 1. The quantitative estimate of drug-likeness (QED) is 0.585. The lowest BCUT2D eigenvalue weighted by atomic mass is 10.2. The molecule has 1 saturated heterocycles. The molecule has 0 spiro atoms. The van der Waals surface area contributed by atoms with Gasteiger partial charge < -0.3 is 15.7 Å². The second kappa shape index (κ2) is 4.95. The maximum atomic E-state index is 11.7. The Balaban J connectivity index is 1.99. The van der Waals surface area contributed by atoms with Crippen LogP contribution in [0.5, 0.6) is 0 Å². The van der Waals surface area contributed by atoms with E-state index in [1.165, 1.54) is 0 Å². The first-order valence-electron chi connectivity index (χ1n) is 4.66. The molecule has 0 bridgehead atoms. The van der Waals surface area contributed by atoms with E-state index < -0.39 is 12.6 Å². The van der Waals surface area contributed by atoms with Gasteiger partial charge in [0.15, 0.2) is 0 Å². The van der Waals surface area contributed by atoms with Crippen molar-refractivity contribution >= 4 is 0 Å². The molecule has 1 heterocycles. The number of rotatable bonds is 4. The van der Waals surface area contributed by atoms with E-state index in [4.69, 9.17) is 5.11 Å². The van der Waals surface area contributed by atoms with Crippen molar-refractivity contribution in [2.45, 2.75) is 31.2 Å². The minimum Gasteiger partial charge on any atom is -0.392 e. The Labute approximate surface area is 80.7 Å². The van der Waals surface area contributed by atoms with Crippen molar-refractivity contribution in [3.63, 3.8) is 0 Å². The smallest absolute Gasteiger partial charge is 0.390 e. The summed E-state index contributed by atoms with van der Waals surface area (Å²) in [5, 5.41) is 14.8. The fourth-order valence-electron chi connectivity index (χ4n) is 1.46. The Hall–Kier alpha value is -0.330. The molecule has 14 heavy (non-hydrogen) atoms. The highest BCUT2D eigenvalue weighted by Crippen LogP contribution is 2.18. The predicted octanol–water partition coefficient (Wildman–Crippen LogP) is 0.251. The van der Waals surface area contributed by atoms with E-state index in [-0.39, 0.29) is 18.7 Å². The van der Waals surface area contributed by atoms with Gasteiger partial charge in [0.05, 0.1) is 12.5 Å². The average molecular weight is 212 g/mol. The summed E-state index contributed by atoms with van der Waals surface area (Å²) in [6, 6.07) is 0.0956. The number of nitrogens with one attached hydrogen (secondary N) is 2. The van der Waals surface area contributed by atoms with Crippen molar-refractivity contribution in [3.8, 4) is 0 Å². The van der Waals surface area contributed by atoms with E-state index in [2.05, 4.69) is 10.6 Å². The van der Waals surface area contributed by atoms with Crippen molar-refractivity contribution in [2.75, 3.05) is 19.6 Å². The van der Waals surface area contributed by atoms with Crippen LogP contribution < -0.4 is 10.6 Å². The summed E-state index contributed by atoms with van der Waals surface area (Å²) in [4.78, 5) is 0. The zero-order valence-electron chi connectivity index (χ0n) is 7.77. The molecule has 0 aromatic heterocycles. The van der Waals surface area contributed by atoms with Gasteiger partial charge in [0, 0.05) is 25.7 Å². The van der Waals surface area contributed by atoms with Gasteiger partial charge in [-0.05, 0) is 6.42 Å². The van der Waals surface area contributed by atoms with Gasteiger partial charge in [-0.25, -0.2) is 0 Å². The third kappa shape index (κ3) is 4.78. The summed E-state index contributed by atoms with van der Waals surface area (Å²) in [5.41, 5.74) is 0. The molecule has 3 nitrogen and oxygen atoms in total. The van der Waals surface area contributed by atoms with Crippen LogP contribution in [0.3, 0.4) is 0 Å². The normalized spacial score (nSPS) is 28.3. The number of hydrogen-bond donors (Lipinski definition) is 3. The molecule has 0 saturated carbocycles. The molecule has 2 atom stereocenters. The first kappa shape index (κ1) is 11.7. The molecule has 84 valence electrons. The first-order chi connectivity index (χ1) is 6.47. The molecule has 2 unspecified atom stereocenters. The van der Waals surface area contributed by atoms with E-state index in [0.29, 0.717) is 19.5 Å². The van der Waals surface area contributed by atoms with E-state index in [1.54, 1.807) is 0 Å². The monoisotopic (exact) mass is 212 g/mol. The maximum Gasteiger partial charge on any atom is 0.390 e. The van der Waals surface area contributed by atoms with Crippen LogP contribution in [0.2, 0.25) is 0 Å². The lowest BCUT2D eigenvalue weighted by Gasteiger charge is -2.12. The molecule has 0 radical (unpaired) electrons. The molecule has 1 fully saturated rings. The molecule has 0 amide bonds. The molecule has 3 N–H and O–H groups in total. The van der Waals surface area contributed by atoms with Crippen LogP contribution in [0, 0.1) is 0 Å². The summed E-state index contributed by atoms with van der Waals surface area (Å²) in [6.07, 6.45) is -4.64. The standard InChI is InChI=1S/C8H15F3N2O/c9-8(10,11)1-2-12-4-6-3-7(14)5-13-6/h6-7,12-14H,1-5H2. The van der Waals surface area contributed by atoms with Crippen molar-refractivity contribution in [2.24, 2.45) is 0 Å². The van der Waals surface area contributed by atoms with Crippen LogP contribution in [-0.4, -0.2) is 43.1 Å². The highest BCUT2D eigenvalue weighted by atomic mass is 19.4. The van der Waals surface area contributed by atoms with Gasteiger partial charge in [-0.1, -0.05) is 0 Å². The third-order valence-corrected chi connectivity index (χ3v) is 2.17. The predicted molar refractivity (Wildman–Crippen MR) is 46.0 cm³/mol. The zero-order chi connectivity index (χ0) is 10.6. The molecule has 0 aliphatic carbocycles. The number of alkyl halides is 3. The van der Waals surface area contributed by atoms with Crippen molar-refractivity contribution in [1.82, 2.24) is 10.6 Å². The Bertz CT molecular complexity index is 174. The topological polar surface area (TPSA) is 44.3 Å². The van der Waals surface area contributed by atoms with Gasteiger partial charge in [-0.15, -0.1) is 0 Å². The van der Waals surface area contributed by atoms with Crippen LogP contribution in [-0.2, 0) is 0 Å². The molecule has 1 aliphatic heterocycles. The highest BCUT2D eigenvalue weighted by Gasteiger charge is 2.26. The van der Waals surface area contributed by atoms with Crippen LogP contribution in [0.15, 0.2) is 0 Å². The van der Waals surface area contributed by atoms with Crippen LogP contribution in [0.4, 0.5) is 13.2 Å². The third-order valence-electron chi connectivity index (χ3n) is 2.17. The molecular weight excluding hydrogens is 197 g/mol. The Kier molecular flexibility index (Phi) is 4.15. The lowest BCUT2D eigenvalue weighted by Crippen LogP contribution is -2.35. The summed E-state index contributed by atoms with van der Waals surface area (Å²) < 4.78 is 35.2. The summed E-state index contributed by atoms with van der Waals surface area (Å²) in [6.45, 7) is 0.955. The maximum absolute atomic E-state index is 11.7. The van der Waals surface area contributed by atoms with E-state index in [9.17, 15) is 13.2 Å². The SMILES string of the molecule is OC1CNC(CNCCC(F)(F)F)C1. The second-order valence-electron chi connectivity index (χ2n) is 3.56. The molecule has 0 aromatic carbocycles. The van der Waals surface area contributed by atoms with E-state index >= 15 is 0 Å². The number of aliphatic hydroxyl groups excluding tert-OH is 1. The second-order valence-corrected chi connectivity index (χ2v) is 3.56. The molecule has 1 aliphatic rings. The summed E-state index contributed by atoms with van der Waals surface area (Å²) >= 11 is 0. The molecule has 0 aromatic rings. The van der Waals surface area contributed by atoms with Gasteiger partial charge in [-0.2, -0.15) is 13.2 Å². The van der Waals surface area contributed by atoms with Gasteiger partial charge in [0.25, 0.3) is 0 Å². The van der Waals surface area contributed by atoms with Crippen molar-refractivity contribution in [3.05, 3.63) is 0 Å². The number of hydrogen-bond acceptors (Lipinski definition) is 3. The van der Waals surface area contributed by atoms with Crippen molar-refractivity contribution < 1.29 is 18.3 Å². The molecule has 6 heteroatoms. The van der Waals surface area contributed by atoms with Gasteiger partial charge in [-0.3, -0.25) is 0 Å². The summed E-state index contributed by atoms with van der Waals surface area (Å²) in [7, 11) is 0. The Morgan fingerprint density at radius 1 is 1.43 bits per heavy atom. The van der Waals surface area contributed by atoms with E-state index in [1.807, 2.05) is 0 Å². The number of halogens is 3. The van der Waals surface area contributed by atoms with Crippen LogP contribution >= 0.6 is 0 Å². The zero-order valence-corrected chi connectivity index (χ0v) is 7.77. The average Bonchev–Trinajstić information content (AvgIpc) is 2.44. The molecular formula is C8H15F3N2O. The highest BCUT2D eigenvalue weighted by molar-refractivity contribution is 4.82. The Morgan fingerprint density at radius 2 is 2.14 bits per heavy atom. The van der Waals surface area contributed by atoms with Crippen LogP contribution in [0.1, 0.15) is 12.8 Å². The van der Waals surface area contributed by atoms with Gasteiger partial charge >= 0.3 is 6.18 Å². The summed E-state index contributed by atoms with van der Waals surface area (Å²) in [5.74, 6) is 0. The van der Waals surface area contributed by atoms with Gasteiger partial charge in [0.1, 0.15) is 0 Å².